The van der Waals surface area contributed by atoms with Crippen molar-refractivity contribution in [3.05, 3.63) is 100 Å². The molecule has 0 aromatic heterocycles. The number of rotatable bonds is 4. The Bertz CT molecular complexity index is 928. The van der Waals surface area contributed by atoms with Crippen molar-refractivity contribution in [3.8, 4) is 0 Å². The summed E-state index contributed by atoms with van der Waals surface area (Å²) in [5, 5.41) is 7.18. The topological polar surface area (TPSA) is 15.6 Å². The van der Waals surface area contributed by atoms with Crippen LogP contribution in [0.1, 0.15) is 48.9 Å². The summed E-state index contributed by atoms with van der Waals surface area (Å²) in [6.07, 6.45) is 0.900. The predicted octanol–water partition coefficient (Wildman–Crippen LogP) is 6.93. The molecule has 4 rings (SSSR count). The van der Waals surface area contributed by atoms with Gasteiger partial charge >= 0.3 is 0 Å². The third kappa shape index (κ3) is 3.84. The lowest BCUT2D eigenvalue weighted by molar-refractivity contribution is 0.707. The molecule has 0 saturated heterocycles. The first-order chi connectivity index (χ1) is 13.1. The van der Waals surface area contributed by atoms with E-state index in [1.165, 1.54) is 16.7 Å². The van der Waals surface area contributed by atoms with Crippen molar-refractivity contribution in [1.82, 2.24) is 0 Å². The summed E-state index contributed by atoms with van der Waals surface area (Å²) in [6.45, 7) is 4.46. The van der Waals surface area contributed by atoms with E-state index in [4.69, 9.17) is 5.10 Å². The molecule has 0 aliphatic carbocycles. The molecule has 0 spiro atoms. The fraction of sp³-hybridized carbons (Fsp3) is 0.208. The monoisotopic (exact) mass is 418 g/mol. The van der Waals surface area contributed by atoms with Crippen molar-refractivity contribution in [2.75, 3.05) is 5.01 Å². The van der Waals surface area contributed by atoms with Crippen molar-refractivity contribution < 1.29 is 0 Å². The first-order valence-electron chi connectivity index (χ1n) is 9.39. The van der Waals surface area contributed by atoms with Crippen LogP contribution in [0.25, 0.3) is 0 Å². The van der Waals surface area contributed by atoms with E-state index in [1.54, 1.807) is 0 Å². The van der Waals surface area contributed by atoms with Gasteiger partial charge in [-0.25, -0.2) is 0 Å². The zero-order chi connectivity index (χ0) is 18.8. The summed E-state index contributed by atoms with van der Waals surface area (Å²) in [5.41, 5.74) is 6.11. The number of nitrogens with zero attached hydrogens (tertiary/aromatic N) is 2. The molecule has 1 aliphatic rings. The van der Waals surface area contributed by atoms with E-state index in [2.05, 4.69) is 108 Å². The van der Waals surface area contributed by atoms with Crippen LogP contribution in [0.5, 0.6) is 0 Å². The molecule has 1 heterocycles. The number of hydrazone groups is 1. The Morgan fingerprint density at radius 1 is 0.889 bits per heavy atom. The van der Waals surface area contributed by atoms with E-state index in [1.807, 2.05) is 6.07 Å². The molecule has 0 amide bonds. The second kappa shape index (κ2) is 7.69. The van der Waals surface area contributed by atoms with Gasteiger partial charge < -0.3 is 0 Å². The van der Waals surface area contributed by atoms with E-state index in [-0.39, 0.29) is 6.04 Å². The lowest BCUT2D eigenvalue weighted by atomic mass is 9.95. The van der Waals surface area contributed by atoms with Crippen LogP contribution < -0.4 is 5.01 Å². The fourth-order valence-electron chi connectivity index (χ4n) is 3.51. The number of halogens is 1. The minimum atomic E-state index is 0.215. The SMILES string of the molecule is CC(C)c1ccc([C@@H]2CC(c3ccc(Br)cc3)=NN2c2ccccc2)cc1. The first-order valence-corrected chi connectivity index (χ1v) is 10.2. The average molecular weight is 419 g/mol. The maximum absolute atomic E-state index is 5.01. The number of anilines is 1. The Morgan fingerprint density at radius 3 is 2.19 bits per heavy atom. The molecule has 27 heavy (non-hydrogen) atoms. The second-order valence-corrected chi connectivity index (χ2v) is 8.19. The van der Waals surface area contributed by atoms with Crippen LogP contribution in [0.4, 0.5) is 5.69 Å². The van der Waals surface area contributed by atoms with Gasteiger partial charge in [0.05, 0.1) is 17.4 Å². The van der Waals surface area contributed by atoms with Crippen molar-refractivity contribution in [1.29, 1.82) is 0 Å². The smallest absolute Gasteiger partial charge is 0.0831 e. The molecule has 3 aromatic rings. The van der Waals surface area contributed by atoms with Gasteiger partial charge in [0.1, 0.15) is 0 Å². The Morgan fingerprint density at radius 2 is 1.56 bits per heavy atom. The van der Waals surface area contributed by atoms with Crippen molar-refractivity contribution >= 4 is 27.3 Å². The zero-order valence-electron chi connectivity index (χ0n) is 15.6. The number of para-hydroxylation sites is 1. The zero-order valence-corrected chi connectivity index (χ0v) is 17.2. The highest BCUT2D eigenvalue weighted by atomic mass is 79.9. The van der Waals surface area contributed by atoms with Crippen molar-refractivity contribution in [2.24, 2.45) is 5.10 Å². The van der Waals surface area contributed by atoms with E-state index in [0.717, 1.165) is 22.3 Å². The van der Waals surface area contributed by atoms with Gasteiger partial charge in [0.2, 0.25) is 0 Å². The quantitative estimate of drug-likeness (QED) is 0.448. The molecule has 2 nitrogen and oxygen atoms in total. The van der Waals surface area contributed by atoms with E-state index in [9.17, 15) is 0 Å². The maximum atomic E-state index is 5.01. The van der Waals surface area contributed by atoms with Crippen LogP contribution in [0.2, 0.25) is 0 Å². The molecule has 1 aliphatic heterocycles. The minimum absolute atomic E-state index is 0.215. The van der Waals surface area contributed by atoms with Gasteiger partial charge in [-0.15, -0.1) is 0 Å². The summed E-state index contributed by atoms with van der Waals surface area (Å²) >= 11 is 3.52. The third-order valence-electron chi connectivity index (χ3n) is 5.10. The molecule has 0 unspecified atom stereocenters. The van der Waals surface area contributed by atoms with Gasteiger partial charge in [0, 0.05) is 10.9 Å². The van der Waals surface area contributed by atoms with Gasteiger partial charge in [0.25, 0.3) is 0 Å². The summed E-state index contributed by atoms with van der Waals surface area (Å²) in [5.74, 6) is 0.544. The van der Waals surface area contributed by atoms with Gasteiger partial charge in [-0.05, 0) is 46.9 Å². The molecular formula is C24H23BrN2. The van der Waals surface area contributed by atoms with Crippen LogP contribution in [-0.2, 0) is 0 Å². The summed E-state index contributed by atoms with van der Waals surface area (Å²) in [6, 6.07) is 28.1. The molecular weight excluding hydrogens is 396 g/mol. The summed E-state index contributed by atoms with van der Waals surface area (Å²) in [4.78, 5) is 0. The normalized spacial score (nSPS) is 16.7. The standard InChI is InChI=1S/C24H23BrN2/c1-17(2)18-8-10-20(11-9-18)24-16-23(19-12-14-21(25)15-13-19)26-27(24)22-6-4-3-5-7-22/h3-15,17,24H,16H2,1-2H3/t24-/m0/s1. The molecule has 0 radical (unpaired) electrons. The van der Waals surface area contributed by atoms with Crippen molar-refractivity contribution in [3.63, 3.8) is 0 Å². The van der Waals surface area contributed by atoms with Gasteiger partial charge in [-0.2, -0.15) is 5.10 Å². The van der Waals surface area contributed by atoms with Crippen LogP contribution in [-0.4, -0.2) is 5.71 Å². The first kappa shape index (κ1) is 18.0. The molecule has 136 valence electrons. The Hall–Kier alpha value is -2.39. The highest BCUT2D eigenvalue weighted by Crippen LogP contribution is 2.37. The van der Waals surface area contributed by atoms with Crippen LogP contribution in [0, 0.1) is 0 Å². The molecule has 0 bridgehead atoms. The minimum Gasteiger partial charge on any atom is -0.257 e. The van der Waals surface area contributed by atoms with Crippen molar-refractivity contribution in [2.45, 2.75) is 32.2 Å². The lowest BCUT2D eigenvalue weighted by Gasteiger charge is -2.24. The molecule has 3 heteroatoms. The number of hydrogen-bond donors (Lipinski definition) is 0. The molecule has 0 saturated carbocycles. The van der Waals surface area contributed by atoms with Gasteiger partial charge in [0.15, 0.2) is 0 Å². The highest BCUT2D eigenvalue weighted by Gasteiger charge is 2.29. The number of hydrogen-bond acceptors (Lipinski definition) is 2. The fourth-order valence-corrected chi connectivity index (χ4v) is 3.77. The molecule has 0 N–H and O–H groups in total. The van der Waals surface area contributed by atoms with Crippen LogP contribution in [0.15, 0.2) is 88.4 Å². The maximum Gasteiger partial charge on any atom is 0.0831 e. The Balaban J connectivity index is 1.70. The summed E-state index contributed by atoms with van der Waals surface area (Å²) < 4.78 is 1.09. The number of benzene rings is 3. The Kier molecular flexibility index (Phi) is 5.13. The van der Waals surface area contributed by atoms with Crippen LogP contribution in [0.3, 0.4) is 0 Å². The third-order valence-corrected chi connectivity index (χ3v) is 5.63. The van der Waals surface area contributed by atoms with E-state index >= 15 is 0 Å². The van der Waals surface area contributed by atoms with Gasteiger partial charge in [-0.3, -0.25) is 5.01 Å². The largest absolute Gasteiger partial charge is 0.257 e. The van der Waals surface area contributed by atoms with E-state index < -0.39 is 0 Å². The van der Waals surface area contributed by atoms with E-state index in [0.29, 0.717) is 5.92 Å². The summed E-state index contributed by atoms with van der Waals surface area (Å²) in [7, 11) is 0. The predicted molar refractivity (Wildman–Crippen MR) is 117 cm³/mol. The van der Waals surface area contributed by atoms with Gasteiger partial charge in [-0.1, -0.05) is 84.4 Å². The van der Waals surface area contributed by atoms with Crippen LogP contribution >= 0.6 is 15.9 Å². The molecule has 0 fully saturated rings. The lowest BCUT2D eigenvalue weighted by Crippen LogP contribution is -2.18. The molecule has 3 aromatic carbocycles. The second-order valence-electron chi connectivity index (χ2n) is 7.27. The average Bonchev–Trinajstić information content (AvgIpc) is 3.15. The highest BCUT2D eigenvalue weighted by molar-refractivity contribution is 9.10. The Labute approximate surface area is 169 Å². The molecule has 1 atom stereocenters.